The standard InChI is InChI=1S/C15H13Cl2F2NO/c1-8(20)4-9-5-12(18)15(13(19)6-9)21-14-3-2-10(16)7-11(14)17/h2-3,5-8H,4,20H2,1H3. The zero-order valence-corrected chi connectivity index (χ0v) is 12.7. The van der Waals surface area contributed by atoms with Gasteiger partial charge in [0.1, 0.15) is 5.75 Å². The summed E-state index contributed by atoms with van der Waals surface area (Å²) in [5, 5.41) is 0.571. The van der Waals surface area contributed by atoms with Gasteiger partial charge in [-0.05, 0) is 49.2 Å². The van der Waals surface area contributed by atoms with Crippen molar-refractivity contribution in [2.45, 2.75) is 19.4 Å². The fourth-order valence-corrected chi connectivity index (χ4v) is 2.31. The lowest BCUT2D eigenvalue weighted by atomic mass is 10.1. The van der Waals surface area contributed by atoms with Gasteiger partial charge < -0.3 is 10.5 Å². The highest BCUT2D eigenvalue weighted by Gasteiger charge is 2.16. The number of ether oxygens (including phenoxy) is 1. The van der Waals surface area contributed by atoms with Crippen molar-refractivity contribution < 1.29 is 13.5 Å². The maximum absolute atomic E-state index is 14.0. The molecule has 0 amide bonds. The van der Waals surface area contributed by atoms with Gasteiger partial charge in [0, 0.05) is 11.1 Å². The molecule has 0 aromatic heterocycles. The third-order valence-electron chi connectivity index (χ3n) is 2.72. The Hall–Kier alpha value is -1.36. The Balaban J connectivity index is 2.32. The molecule has 0 radical (unpaired) electrons. The fraction of sp³-hybridized carbons (Fsp3) is 0.200. The van der Waals surface area contributed by atoms with Crippen LogP contribution in [-0.4, -0.2) is 6.04 Å². The van der Waals surface area contributed by atoms with Gasteiger partial charge in [0.2, 0.25) is 0 Å². The van der Waals surface area contributed by atoms with Gasteiger partial charge in [-0.15, -0.1) is 0 Å². The highest BCUT2D eigenvalue weighted by molar-refractivity contribution is 6.35. The topological polar surface area (TPSA) is 35.2 Å². The highest BCUT2D eigenvalue weighted by atomic mass is 35.5. The summed E-state index contributed by atoms with van der Waals surface area (Å²) in [7, 11) is 0. The number of hydrogen-bond donors (Lipinski definition) is 1. The molecule has 112 valence electrons. The number of halogens is 4. The van der Waals surface area contributed by atoms with Gasteiger partial charge in [-0.1, -0.05) is 23.2 Å². The molecule has 0 bridgehead atoms. The number of rotatable bonds is 4. The molecule has 1 unspecified atom stereocenters. The van der Waals surface area contributed by atoms with Gasteiger partial charge in [0.15, 0.2) is 17.4 Å². The molecule has 1 atom stereocenters. The summed E-state index contributed by atoms with van der Waals surface area (Å²) in [5.41, 5.74) is 6.08. The molecule has 21 heavy (non-hydrogen) atoms. The van der Waals surface area contributed by atoms with Crippen molar-refractivity contribution in [2.75, 3.05) is 0 Å². The second kappa shape index (κ2) is 6.60. The lowest BCUT2D eigenvalue weighted by Gasteiger charge is -2.12. The molecule has 0 saturated heterocycles. The first-order chi connectivity index (χ1) is 9.86. The molecule has 2 N–H and O–H groups in total. The number of benzene rings is 2. The molecule has 0 saturated carbocycles. The number of nitrogens with two attached hydrogens (primary N) is 1. The van der Waals surface area contributed by atoms with Crippen molar-refractivity contribution in [2.24, 2.45) is 5.73 Å². The van der Waals surface area contributed by atoms with Gasteiger partial charge in [0.25, 0.3) is 0 Å². The summed E-state index contributed by atoms with van der Waals surface area (Å²) in [6.07, 6.45) is 0.371. The van der Waals surface area contributed by atoms with E-state index in [9.17, 15) is 8.78 Å². The third kappa shape index (κ3) is 4.06. The Morgan fingerprint density at radius 2 is 1.76 bits per heavy atom. The Bertz CT molecular complexity index is 639. The summed E-state index contributed by atoms with van der Waals surface area (Å²) >= 11 is 11.7. The Morgan fingerprint density at radius 1 is 1.14 bits per heavy atom. The van der Waals surface area contributed by atoms with E-state index in [0.29, 0.717) is 17.0 Å². The largest absolute Gasteiger partial charge is 0.450 e. The summed E-state index contributed by atoms with van der Waals surface area (Å²) in [4.78, 5) is 0. The zero-order valence-electron chi connectivity index (χ0n) is 11.2. The minimum atomic E-state index is -0.809. The van der Waals surface area contributed by atoms with Crippen molar-refractivity contribution in [3.63, 3.8) is 0 Å². The van der Waals surface area contributed by atoms with Crippen molar-refractivity contribution in [1.82, 2.24) is 0 Å². The average molecular weight is 332 g/mol. The first-order valence-electron chi connectivity index (χ1n) is 6.23. The minimum absolute atomic E-state index is 0.124. The molecule has 0 spiro atoms. The molecular weight excluding hydrogens is 319 g/mol. The summed E-state index contributed by atoms with van der Waals surface area (Å²) in [5.74, 6) is -2.00. The van der Waals surface area contributed by atoms with E-state index < -0.39 is 17.4 Å². The van der Waals surface area contributed by atoms with Crippen LogP contribution in [0.3, 0.4) is 0 Å². The van der Waals surface area contributed by atoms with Gasteiger partial charge in [-0.2, -0.15) is 0 Å². The second-order valence-corrected chi connectivity index (χ2v) is 5.59. The van der Waals surface area contributed by atoms with Crippen molar-refractivity contribution >= 4 is 23.2 Å². The SMILES string of the molecule is CC(N)Cc1cc(F)c(Oc2ccc(Cl)cc2Cl)c(F)c1. The van der Waals surface area contributed by atoms with Crippen LogP contribution in [0.15, 0.2) is 30.3 Å². The average Bonchev–Trinajstić information content (AvgIpc) is 2.35. The molecule has 0 fully saturated rings. The van der Waals surface area contributed by atoms with Crippen LogP contribution in [0.25, 0.3) is 0 Å². The van der Waals surface area contributed by atoms with Crippen LogP contribution in [0, 0.1) is 11.6 Å². The Labute approximate surface area is 131 Å². The van der Waals surface area contributed by atoms with Crippen molar-refractivity contribution in [3.8, 4) is 11.5 Å². The predicted octanol–water partition coefficient (Wildman–Crippen LogP) is 4.95. The second-order valence-electron chi connectivity index (χ2n) is 4.75. The van der Waals surface area contributed by atoms with E-state index in [2.05, 4.69) is 0 Å². The summed E-state index contributed by atoms with van der Waals surface area (Å²) in [6.45, 7) is 1.76. The monoisotopic (exact) mass is 331 g/mol. The lowest BCUT2D eigenvalue weighted by Crippen LogP contribution is -2.18. The van der Waals surface area contributed by atoms with E-state index in [1.54, 1.807) is 6.92 Å². The van der Waals surface area contributed by atoms with Crippen LogP contribution >= 0.6 is 23.2 Å². The van der Waals surface area contributed by atoms with E-state index in [4.69, 9.17) is 33.7 Å². The molecule has 0 heterocycles. The molecule has 2 rings (SSSR count). The van der Waals surface area contributed by atoms with E-state index in [1.165, 1.54) is 30.3 Å². The smallest absolute Gasteiger partial charge is 0.198 e. The first kappa shape index (κ1) is 16.0. The maximum Gasteiger partial charge on any atom is 0.198 e. The van der Waals surface area contributed by atoms with E-state index in [-0.39, 0.29) is 16.8 Å². The van der Waals surface area contributed by atoms with Crippen molar-refractivity contribution in [1.29, 1.82) is 0 Å². The Kier molecular flexibility index (Phi) is 5.04. The fourth-order valence-electron chi connectivity index (χ4n) is 1.87. The van der Waals surface area contributed by atoms with E-state index in [0.717, 1.165) is 0 Å². The Morgan fingerprint density at radius 3 is 2.29 bits per heavy atom. The molecule has 0 aliphatic heterocycles. The van der Waals surface area contributed by atoms with Crippen LogP contribution in [0.2, 0.25) is 10.0 Å². The molecular formula is C15H13Cl2F2NO. The van der Waals surface area contributed by atoms with E-state index >= 15 is 0 Å². The third-order valence-corrected chi connectivity index (χ3v) is 3.25. The maximum atomic E-state index is 14.0. The number of hydrogen-bond acceptors (Lipinski definition) is 2. The van der Waals surface area contributed by atoms with Crippen LogP contribution in [0.1, 0.15) is 12.5 Å². The quantitative estimate of drug-likeness (QED) is 0.859. The van der Waals surface area contributed by atoms with E-state index in [1.807, 2.05) is 0 Å². The lowest BCUT2D eigenvalue weighted by molar-refractivity contribution is 0.406. The first-order valence-corrected chi connectivity index (χ1v) is 6.99. The van der Waals surface area contributed by atoms with Gasteiger partial charge >= 0.3 is 0 Å². The molecule has 0 aliphatic carbocycles. The van der Waals surface area contributed by atoms with Crippen LogP contribution < -0.4 is 10.5 Å². The van der Waals surface area contributed by atoms with Crippen LogP contribution in [0.5, 0.6) is 11.5 Å². The van der Waals surface area contributed by atoms with Gasteiger partial charge in [0.05, 0.1) is 5.02 Å². The summed E-state index contributed by atoms with van der Waals surface area (Å²) < 4.78 is 33.2. The molecule has 0 aliphatic rings. The molecule has 2 aromatic rings. The van der Waals surface area contributed by atoms with Crippen LogP contribution in [-0.2, 0) is 6.42 Å². The van der Waals surface area contributed by atoms with Crippen molar-refractivity contribution in [3.05, 3.63) is 57.6 Å². The summed E-state index contributed by atoms with van der Waals surface area (Å²) in [6, 6.07) is 6.60. The minimum Gasteiger partial charge on any atom is -0.450 e. The highest BCUT2D eigenvalue weighted by Crippen LogP contribution is 2.34. The molecule has 2 aromatic carbocycles. The predicted molar refractivity (Wildman–Crippen MR) is 80.2 cm³/mol. The molecule has 2 nitrogen and oxygen atoms in total. The van der Waals surface area contributed by atoms with Gasteiger partial charge in [-0.3, -0.25) is 0 Å². The van der Waals surface area contributed by atoms with Gasteiger partial charge in [-0.25, -0.2) is 8.78 Å². The zero-order chi connectivity index (χ0) is 15.6. The van der Waals surface area contributed by atoms with Crippen LogP contribution in [0.4, 0.5) is 8.78 Å². The molecule has 6 heteroatoms. The normalized spacial score (nSPS) is 12.3.